The van der Waals surface area contributed by atoms with Gasteiger partial charge >= 0.3 is 0 Å². The molecule has 1 N–H and O–H groups in total. The molecule has 138 valence electrons. The highest BCUT2D eigenvalue weighted by atomic mass is 16.5. The molecule has 1 saturated heterocycles. The zero-order chi connectivity index (χ0) is 18.4. The lowest BCUT2D eigenvalue weighted by molar-refractivity contribution is -0.123. The number of pyridine rings is 1. The minimum atomic E-state index is -0.153. The highest BCUT2D eigenvalue weighted by Gasteiger charge is 2.17. The van der Waals surface area contributed by atoms with Crippen molar-refractivity contribution in [2.24, 2.45) is 0 Å². The van der Waals surface area contributed by atoms with Gasteiger partial charge < -0.3 is 19.7 Å². The zero-order valence-corrected chi connectivity index (χ0v) is 15.3. The van der Waals surface area contributed by atoms with Crippen LogP contribution < -0.4 is 15.0 Å². The van der Waals surface area contributed by atoms with Gasteiger partial charge in [0.25, 0.3) is 5.91 Å². The van der Waals surface area contributed by atoms with E-state index in [-0.39, 0.29) is 18.6 Å². The van der Waals surface area contributed by atoms with E-state index < -0.39 is 0 Å². The Bertz CT molecular complexity index is 733. The second kappa shape index (κ2) is 8.67. The van der Waals surface area contributed by atoms with Crippen LogP contribution in [0.1, 0.15) is 18.1 Å². The summed E-state index contributed by atoms with van der Waals surface area (Å²) in [5.41, 5.74) is 1.97. The van der Waals surface area contributed by atoms with E-state index in [2.05, 4.69) is 22.1 Å². The third-order valence-electron chi connectivity index (χ3n) is 4.32. The fourth-order valence-corrected chi connectivity index (χ4v) is 2.85. The molecule has 6 heteroatoms. The highest BCUT2D eigenvalue weighted by molar-refractivity contribution is 5.77. The molecule has 3 rings (SSSR count). The normalized spacial score (nSPS) is 17.0. The van der Waals surface area contributed by atoms with Gasteiger partial charge in [0.15, 0.2) is 6.61 Å². The van der Waals surface area contributed by atoms with Gasteiger partial charge in [0.2, 0.25) is 0 Å². The fourth-order valence-electron chi connectivity index (χ4n) is 2.85. The highest BCUT2D eigenvalue weighted by Crippen LogP contribution is 2.16. The molecule has 0 aliphatic carbocycles. The summed E-state index contributed by atoms with van der Waals surface area (Å²) in [7, 11) is 0. The Hall–Kier alpha value is -2.60. The van der Waals surface area contributed by atoms with Gasteiger partial charge in [-0.05, 0) is 37.1 Å². The molecule has 0 saturated carbocycles. The van der Waals surface area contributed by atoms with E-state index >= 15 is 0 Å². The van der Waals surface area contributed by atoms with Gasteiger partial charge in [-0.2, -0.15) is 0 Å². The molecule has 1 aromatic carbocycles. The summed E-state index contributed by atoms with van der Waals surface area (Å²) >= 11 is 0. The number of morpholine rings is 1. The largest absolute Gasteiger partial charge is 0.484 e. The van der Waals surface area contributed by atoms with Crippen LogP contribution >= 0.6 is 0 Å². The smallest absolute Gasteiger partial charge is 0.258 e. The summed E-state index contributed by atoms with van der Waals surface area (Å²) in [4.78, 5) is 18.7. The minimum absolute atomic E-state index is 0.00202. The number of nitrogens with one attached hydrogen (secondary N) is 1. The summed E-state index contributed by atoms with van der Waals surface area (Å²) in [6, 6.07) is 11.6. The number of benzene rings is 1. The minimum Gasteiger partial charge on any atom is -0.484 e. The van der Waals surface area contributed by atoms with Gasteiger partial charge in [-0.25, -0.2) is 4.98 Å². The standard InChI is InChI=1S/C20H25N3O3/c1-15-5-3-4-6-18(15)26-14-20(24)22-12-17-7-8-19(21-11-17)23-9-10-25-16(2)13-23/h3-8,11,16H,9-10,12-14H2,1-2H3,(H,22,24). The molecule has 0 radical (unpaired) electrons. The van der Waals surface area contributed by atoms with Crippen LogP contribution in [0.3, 0.4) is 0 Å². The molecular formula is C20H25N3O3. The van der Waals surface area contributed by atoms with E-state index in [4.69, 9.17) is 9.47 Å². The van der Waals surface area contributed by atoms with Crippen molar-refractivity contribution in [3.8, 4) is 5.75 Å². The SMILES string of the molecule is Cc1ccccc1OCC(=O)NCc1ccc(N2CCOC(C)C2)nc1. The molecule has 1 amide bonds. The van der Waals surface area contributed by atoms with Gasteiger partial charge in [0.1, 0.15) is 11.6 Å². The number of carbonyl (C=O) groups is 1. The molecular weight excluding hydrogens is 330 g/mol. The van der Waals surface area contributed by atoms with Gasteiger partial charge in [0, 0.05) is 25.8 Å². The Morgan fingerprint density at radius 2 is 2.19 bits per heavy atom. The van der Waals surface area contributed by atoms with Crippen LogP contribution in [0.4, 0.5) is 5.82 Å². The number of ether oxygens (including phenoxy) is 2. The lowest BCUT2D eigenvalue weighted by Crippen LogP contribution is -2.41. The lowest BCUT2D eigenvalue weighted by Gasteiger charge is -2.32. The summed E-state index contributed by atoms with van der Waals surface area (Å²) in [5, 5.41) is 2.86. The molecule has 2 heterocycles. The van der Waals surface area contributed by atoms with E-state index in [0.29, 0.717) is 6.54 Å². The lowest BCUT2D eigenvalue weighted by atomic mass is 10.2. The van der Waals surface area contributed by atoms with Gasteiger partial charge in [0.05, 0.1) is 12.7 Å². The van der Waals surface area contributed by atoms with Crippen molar-refractivity contribution in [3.63, 3.8) is 0 Å². The van der Waals surface area contributed by atoms with Crippen molar-refractivity contribution >= 4 is 11.7 Å². The number of rotatable bonds is 6. The molecule has 1 aliphatic heterocycles. The first kappa shape index (κ1) is 18.2. The number of amides is 1. The molecule has 26 heavy (non-hydrogen) atoms. The van der Waals surface area contributed by atoms with Gasteiger partial charge in [-0.15, -0.1) is 0 Å². The molecule has 1 unspecified atom stereocenters. The van der Waals surface area contributed by atoms with E-state index in [0.717, 1.165) is 42.4 Å². The summed E-state index contributed by atoms with van der Waals surface area (Å²) < 4.78 is 11.1. The van der Waals surface area contributed by atoms with Crippen LogP contribution in [0.2, 0.25) is 0 Å². The number of hydrogen-bond acceptors (Lipinski definition) is 5. The van der Waals surface area contributed by atoms with E-state index in [1.807, 2.05) is 43.3 Å². The van der Waals surface area contributed by atoms with Crippen LogP contribution in [0.5, 0.6) is 5.75 Å². The topological polar surface area (TPSA) is 63.7 Å². The summed E-state index contributed by atoms with van der Waals surface area (Å²) in [6.07, 6.45) is 2.02. The number of hydrogen-bond donors (Lipinski definition) is 1. The molecule has 1 aliphatic rings. The van der Waals surface area contributed by atoms with E-state index in [9.17, 15) is 4.79 Å². The first-order valence-corrected chi connectivity index (χ1v) is 8.88. The van der Waals surface area contributed by atoms with Crippen LogP contribution in [0.15, 0.2) is 42.6 Å². The Morgan fingerprint density at radius 1 is 1.35 bits per heavy atom. The van der Waals surface area contributed by atoms with E-state index in [1.165, 1.54) is 0 Å². The molecule has 1 fully saturated rings. The number of nitrogens with zero attached hydrogens (tertiary/aromatic N) is 2. The predicted octanol–water partition coefficient (Wildman–Crippen LogP) is 2.31. The van der Waals surface area contributed by atoms with Gasteiger partial charge in [-0.1, -0.05) is 24.3 Å². The maximum atomic E-state index is 12.0. The first-order chi connectivity index (χ1) is 12.6. The number of aromatic nitrogens is 1. The Balaban J connectivity index is 1.45. The molecule has 1 aromatic heterocycles. The molecule has 0 spiro atoms. The van der Waals surface area contributed by atoms with Crippen molar-refractivity contribution in [2.45, 2.75) is 26.5 Å². The zero-order valence-electron chi connectivity index (χ0n) is 15.3. The summed E-state index contributed by atoms with van der Waals surface area (Å²) in [6.45, 7) is 6.88. The predicted molar refractivity (Wildman–Crippen MR) is 100 cm³/mol. The first-order valence-electron chi connectivity index (χ1n) is 8.88. The molecule has 6 nitrogen and oxygen atoms in total. The second-order valence-electron chi connectivity index (χ2n) is 6.48. The fraction of sp³-hybridized carbons (Fsp3) is 0.400. The van der Waals surface area contributed by atoms with Crippen LogP contribution in [0.25, 0.3) is 0 Å². The Kier molecular flexibility index (Phi) is 6.07. The maximum absolute atomic E-state index is 12.0. The molecule has 2 aromatic rings. The van der Waals surface area contributed by atoms with Crippen molar-refractivity contribution in [2.75, 3.05) is 31.2 Å². The number of aryl methyl sites for hydroxylation is 1. The average Bonchev–Trinajstić information content (AvgIpc) is 2.66. The van der Waals surface area contributed by atoms with E-state index in [1.54, 1.807) is 6.20 Å². The van der Waals surface area contributed by atoms with Crippen molar-refractivity contribution < 1.29 is 14.3 Å². The Labute approximate surface area is 154 Å². The van der Waals surface area contributed by atoms with Crippen LogP contribution in [0, 0.1) is 6.92 Å². The molecule has 1 atom stereocenters. The number of para-hydroxylation sites is 1. The van der Waals surface area contributed by atoms with Gasteiger partial charge in [-0.3, -0.25) is 4.79 Å². The average molecular weight is 355 g/mol. The Morgan fingerprint density at radius 3 is 2.92 bits per heavy atom. The maximum Gasteiger partial charge on any atom is 0.258 e. The monoisotopic (exact) mass is 355 g/mol. The summed E-state index contributed by atoms with van der Waals surface area (Å²) in [5.74, 6) is 1.52. The van der Waals surface area contributed by atoms with Crippen LogP contribution in [-0.2, 0) is 16.1 Å². The number of anilines is 1. The van der Waals surface area contributed by atoms with Crippen molar-refractivity contribution in [1.82, 2.24) is 10.3 Å². The third kappa shape index (κ3) is 4.95. The number of carbonyl (C=O) groups excluding carboxylic acids is 1. The molecule has 0 bridgehead atoms. The van der Waals surface area contributed by atoms with Crippen molar-refractivity contribution in [3.05, 3.63) is 53.7 Å². The third-order valence-corrected chi connectivity index (χ3v) is 4.32. The quantitative estimate of drug-likeness (QED) is 0.861. The van der Waals surface area contributed by atoms with Crippen molar-refractivity contribution in [1.29, 1.82) is 0 Å². The second-order valence-corrected chi connectivity index (χ2v) is 6.48. The van der Waals surface area contributed by atoms with Crippen LogP contribution in [-0.4, -0.2) is 43.3 Å².